The van der Waals surface area contributed by atoms with Crippen LogP contribution in [0, 0.1) is 11.6 Å². The van der Waals surface area contributed by atoms with Crippen molar-refractivity contribution >= 4 is 46.5 Å². The molecule has 2 N–H and O–H groups in total. The average molecular weight is 441 g/mol. The molecule has 0 saturated carbocycles. The summed E-state index contributed by atoms with van der Waals surface area (Å²) < 4.78 is 27.6. The van der Waals surface area contributed by atoms with Crippen molar-refractivity contribution < 1.29 is 18.7 Å². The maximum Gasteiger partial charge on any atom is 0.311 e. The van der Waals surface area contributed by atoms with Crippen LogP contribution in [0.25, 0.3) is 11.6 Å². The largest absolute Gasteiger partial charge is 0.493 e. The summed E-state index contributed by atoms with van der Waals surface area (Å²) in [6.45, 7) is 1.51. The van der Waals surface area contributed by atoms with E-state index in [2.05, 4.69) is 10.3 Å². The van der Waals surface area contributed by atoms with Crippen molar-refractivity contribution in [1.29, 1.82) is 0 Å². The van der Waals surface area contributed by atoms with Crippen molar-refractivity contribution in [3.8, 4) is 5.88 Å². The predicted octanol–water partition coefficient (Wildman–Crippen LogP) is 4.35. The molecular weight excluding hydrogens is 424 g/mol. The van der Waals surface area contributed by atoms with Crippen LogP contribution in [0.2, 0.25) is 0 Å². The van der Waals surface area contributed by atoms with Gasteiger partial charge in [-0.3, -0.25) is 19.1 Å². The minimum absolute atomic E-state index is 0.220. The van der Waals surface area contributed by atoms with Crippen molar-refractivity contribution in [2.24, 2.45) is 4.99 Å². The van der Waals surface area contributed by atoms with Gasteiger partial charge in [0.05, 0.1) is 16.3 Å². The minimum atomic E-state index is -0.939. The summed E-state index contributed by atoms with van der Waals surface area (Å²) in [5, 5.41) is 12.8. The number of anilines is 1. The number of aryl methyl sites for hydroxylation is 1. The number of thiazole rings is 1. The lowest BCUT2D eigenvalue weighted by molar-refractivity contribution is -0.116. The Morgan fingerprint density at radius 2 is 2.10 bits per heavy atom. The first kappa shape index (κ1) is 20.7. The number of carbonyl (C=O) groups is 1. The van der Waals surface area contributed by atoms with E-state index in [0.717, 1.165) is 56.8 Å². The van der Waals surface area contributed by atoms with E-state index in [1.54, 1.807) is 12.3 Å². The topological polar surface area (TPSA) is 83.7 Å². The van der Waals surface area contributed by atoms with Gasteiger partial charge in [0.1, 0.15) is 18.2 Å². The molecule has 4 rings (SSSR count). The molecule has 0 unspecified atom stereocenters. The lowest BCUT2D eigenvalue weighted by Crippen LogP contribution is -2.24. The van der Waals surface area contributed by atoms with Gasteiger partial charge >= 0.3 is 4.87 Å². The number of nitrogens with zero attached hydrogens (tertiary/aromatic N) is 2. The van der Waals surface area contributed by atoms with E-state index in [1.807, 2.05) is 25.1 Å². The van der Waals surface area contributed by atoms with Crippen LogP contribution in [-0.4, -0.2) is 21.8 Å². The van der Waals surface area contributed by atoms with Gasteiger partial charge in [-0.25, -0.2) is 8.78 Å². The molecule has 0 aliphatic carbocycles. The number of fused-ring (bicyclic) bond motifs is 1. The van der Waals surface area contributed by atoms with E-state index in [9.17, 15) is 23.5 Å². The molecule has 0 bridgehead atoms. The first-order valence-corrected chi connectivity index (χ1v) is 10.2. The summed E-state index contributed by atoms with van der Waals surface area (Å²) in [4.78, 5) is 28.7. The number of halogens is 2. The van der Waals surface area contributed by atoms with Gasteiger partial charge in [-0.05, 0) is 30.2 Å². The molecule has 0 spiro atoms. The summed E-state index contributed by atoms with van der Waals surface area (Å²) in [6, 6.07) is 8.55. The van der Waals surface area contributed by atoms with Crippen LogP contribution in [0.5, 0.6) is 5.88 Å². The third-order valence-electron chi connectivity index (χ3n) is 4.83. The van der Waals surface area contributed by atoms with Gasteiger partial charge in [0.15, 0.2) is 0 Å². The maximum atomic E-state index is 13.7. The average Bonchev–Trinajstić information content (AvgIpc) is 3.26. The maximum absolute atomic E-state index is 13.7. The van der Waals surface area contributed by atoms with Crippen molar-refractivity contribution in [3.05, 3.63) is 73.7 Å². The lowest BCUT2D eigenvalue weighted by atomic mass is 10.0. The summed E-state index contributed by atoms with van der Waals surface area (Å²) in [5.74, 6) is -2.82. The molecule has 158 valence electrons. The highest BCUT2D eigenvalue weighted by molar-refractivity contribution is 7.10. The van der Waals surface area contributed by atoms with Gasteiger partial charge in [-0.1, -0.05) is 36.5 Å². The lowest BCUT2D eigenvalue weighted by Gasteiger charge is -2.07. The fourth-order valence-corrected chi connectivity index (χ4v) is 4.13. The number of hydrogen-bond donors (Lipinski definition) is 2. The van der Waals surface area contributed by atoms with E-state index in [4.69, 9.17) is 0 Å². The highest BCUT2D eigenvalue weighted by Gasteiger charge is 2.19. The van der Waals surface area contributed by atoms with Gasteiger partial charge in [0.25, 0.3) is 0 Å². The third kappa shape index (κ3) is 4.04. The number of amides is 1. The van der Waals surface area contributed by atoms with Crippen LogP contribution >= 0.6 is 11.3 Å². The van der Waals surface area contributed by atoms with E-state index >= 15 is 0 Å². The molecule has 3 aromatic rings. The smallest absolute Gasteiger partial charge is 0.311 e. The molecule has 9 heteroatoms. The van der Waals surface area contributed by atoms with Crippen LogP contribution in [0.4, 0.5) is 20.2 Å². The van der Waals surface area contributed by atoms with Crippen molar-refractivity contribution in [1.82, 2.24) is 4.57 Å². The molecule has 1 aromatic heterocycles. The SMILES string of the molecule is CCc1cccc2c1N=C/C2=C\c1sc(=O)n(CC(=O)Nc2ccc(F)cc2F)c1O. The molecule has 31 heavy (non-hydrogen) atoms. The number of allylic oxidation sites excluding steroid dienone is 1. The highest BCUT2D eigenvalue weighted by atomic mass is 32.1. The molecular formula is C22H17F2N3O3S. The molecule has 1 amide bonds. The first-order chi connectivity index (χ1) is 14.9. The fourth-order valence-electron chi connectivity index (χ4n) is 3.29. The summed E-state index contributed by atoms with van der Waals surface area (Å²) >= 11 is 0.782. The number of aliphatic imine (C=N–C) groups is 1. The fraction of sp³-hybridized carbons (Fsp3) is 0.136. The number of rotatable bonds is 5. The Kier molecular flexibility index (Phi) is 5.51. The standard InChI is InChI=1S/C22H17F2N3O3S/c1-2-12-4-3-5-15-13(10-25-20(12)15)8-18-21(29)27(22(30)31-18)11-19(28)26-17-7-6-14(23)9-16(17)24/h3-10,29H,2,11H2,1H3,(H,26,28)/b13-8+. The number of aromatic nitrogens is 1. The van der Waals surface area contributed by atoms with Crippen LogP contribution < -0.4 is 10.2 Å². The molecule has 2 aromatic carbocycles. The van der Waals surface area contributed by atoms with Crippen molar-refractivity contribution in [2.45, 2.75) is 19.9 Å². The van der Waals surface area contributed by atoms with Gasteiger partial charge in [0.2, 0.25) is 11.8 Å². The van der Waals surface area contributed by atoms with Crippen LogP contribution in [-0.2, 0) is 17.8 Å². The second-order valence-corrected chi connectivity index (χ2v) is 7.83. The van der Waals surface area contributed by atoms with Gasteiger partial charge in [-0.2, -0.15) is 0 Å². The zero-order chi connectivity index (χ0) is 22.1. The van der Waals surface area contributed by atoms with E-state index in [-0.39, 0.29) is 16.4 Å². The first-order valence-electron chi connectivity index (χ1n) is 9.43. The van der Waals surface area contributed by atoms with Gasteiger partial charge in [-0.15, -0.1) is 0 Å². The quantitative estimate of drug-likeness (QED) is 0.618. The highest BCUT2D eigenvalue weighted by Crippen LogP contribution is 2.37. The number of para-hydroxylation sites is 1. The van der Waals surface area contributed by atoms with Crippen molar-refractivity contribution in [2.75, 3.05) is 5.32 Å². The number of aromatic hydroxyl groups is 1. The number of carbonyl (C=O) groups excluding carboxylic acids is 1. The summed E-state index contributed by atoms with van der Waals surface area (Å²) in [5.41, 5.74) is 3.38. The van der Waals surface area contributed by atoms with Crippen LogP contribution in [0.15, 0.2) is 46.2 Å². The van der Waals surface area contributed by atoms with E-state index in [1.165, 1.54) is 0 Å². The molecule has 6 nitrogen and oxygen atoms in total. The van der Waals surface area contributed by atoms with Gasteiger partial charge < -0.3 is 10.4 Å². The monoisotopic (exact) mass is 441 g/mol. The molecule has 0 atom stereocenters. The Morgan fingerprint density at radius 1 is 1.29 bits per heavy atom. The number of benzene rings is 2. The Labute approximate surface area is 179 Å². The molecule has 2 heterocycles. The Balaban J connectivity index is 1.58. The zero-order valence-corrected chi connectivity index (χ0v) is 17.2. The van der Waals surface area contributed by atoms with Gasteiger partial charge in [0, 0.05) is 23.4 Å². The Morgan fingerprint density at radius 3 is 2.84 bits per heavy atom. The molecule has 1 aliphatic heterocycles. The minimum Gasteiger partial charge on any atom is -0.493 e. The molecule has 0 radical (unpaired) electrons. The zero-order valence-electron chi connectivity index (χ0n) is 16.4. The second-order valence-electron chi connectivity index (χ2n) is 6.84. The van der Waals surface area contributed by atoms with Crippen LogP contribution in [0.3, 0.4) is 0 Å². The van der Waals surface area contributed by atoms with Crippen molar-refractivity contribution in [3.63, 3.8) is 0 Å². The Hall–Kier alpha value is -3.59. The summed E-state index contributed by atoms with van der Waals surface area (Å²) in [6.07, 6.45) is 4.14. The molecule has 0 saturated heterocycles. The van der Waals surface area contributed by atoms with E-state index in [0.29, 0.717) is 6.07 Å². The number of nitrogens with one attached hydrogen (secondary N) is 1. The van der Waals surface area contributed by atoms with E-state index < -0.39 is 29.0 Å². The normalized spacial score (nSPS) is 13.6. The molecule has 1 aliphatic rings. The summed E-state index contributed by atoms with van der Waals surface area (Å²) in [7, 11) is 0. The molecule has 0 fully saturated rings. The van der Waals surface area contributed by atoms with Crippen LogP contribution in [0.1, 0.15) is 22.9 Å². The predicted molar refractivity (Wildman–Crippen MR) is 117 cm³/mol. The Bertz CT molecular complexity index is 1310. The number of hydrogen-bond acceptors (Lipinski definition) is 5. The third-order valence-corrected chi connectivity index (χ3v) is 5.75. The second kappa shape index (κ2) is 8.27.